The molecule has 5 saturated carbocycles. The lowest BCUT2D eigenvalue weighted by Crippen LogP contribution is -2.74. The molecule has 6 saturated heterocycles. The van der Waals surface area contributed by atoms with Gasteiger partial charge >= 0.3 is 5.97 Å². The van der Waals surface area contributed by atoms with Gasteiger partial charge in [0.15, 0.2) is 30.8 Å². The second-order valence-corrected chi connectivity index (χ2v) is 25.8. The zero-order valence-electron chi connectivity index (χ0n) is 43.9. The topological polar surface area (TPSA) is 335 Å². The van der Waals surface area contributed by atoms with Crippen molar-refractivity contribution in [1.29, 1.82) is 0 Å². The van der Waals surface area contributed by atoms with Crippen molar-refractivity contribution in [3.63, 3.8) is 0 Å². The molecule has 6 aliphatic heterocycles. The minimum Gasteiger partial charge on any atom is -0.455 e. The lowest BCUT2D eigenvalue weighted by atomic mass is 9.31. The highest BCUT2D eigenvalue weighted by atomic mass is 16.8. The molecule has 5 aliphatic carbocycles. The third-order valence-electron chi connectivity index (χ3n) is 22.0. The van der Waals surface area contributed by atoms with Gasteiger partial charge in [-0.25, -0.2) is 0 Å². The third kappa shape index (κ3) is 7.81. The summed E-state index contributed by atoms with van der Waals surface area (Å²) in [7, 11) is 0. The predicted octanol–water partition coefficient (Wildman–Crippen LogP) is -1.22. The summed E-state index contributed by atoms with van der Waals surface area (Å²) in [5.41, 5.74) is -1.72. The van der Waals surface area contributed by atoms with Crippen LogP contribution in [0.5, 0.6) is 0 Å². The molecule has 75 heavy (non-hydrogen) atoms. The zero-order valence-corrected chi connectivity index (χ0v) is 43.9. The third-order valence-corrected chi connectivity index (χ3v) is 22.0. The van der Waals surface area contributed by atoms with Gasteiger partial charge in [-0.3, -0.25) is 4.79 Å². The van der Waals surface area contributed by atoms with Crippen LogP contribution in [0.15, 0.2) is 12.2 Å². The van der Waals surface area contributed by atoms with Crippen molar-refractivity contribution in [3.8, 4) is 0 Å². The van der Waals surface area contributed by atoms with Gasteiger partial charge in [0.2, 0.25) is 0 Å². The molecule has 0 radical (unpaired) electrons. The van der Waals surface area contributed by atoms with E-state index >= 15 is 0 Å². The number of rotatable bonds is 10. The summed E-state index contributed by atoms with van der Waals surface area (Å²) in [6.07, 6.45) is -27.4. The maximum atomic E-state index is 14.2. The van der Waals surface area contributed by atoms with Crippen LogP contribution in [0.25, 0.3) is 0 Å². The number of aliphatic hydroxyl groups excluding tert-OH is 11. The number of ether oxygens (including phenoxy) is 10. The van der Waals surface area contributed by atoms with Gasteiger partial charge in [0.05, 0.1) is 43.0 Å². The molecule has 2 bridgehead atoms. The predicted molar refractivity (Wildman–Crippen MR) is 253 cm³/mol. The average molecular weight is 1070 g/mol. The summed E-state index contributed by atoms with van der Waals surface area (Å²) >= 11 is 0. The Morgan fingerprint density at radius 2 is 1.13 bits per heavy atom. The van der Waals surface area contributed by atoms with E-state index in [0.29, 0.717) is 12.8 Å². The van der Waals surface area contributed by atoms with Gasteiger partial charge < -0.3 is 104 Å². The highest BCUT2D eigenvalue weighted by Gasteiger charge is 2.89. The number of hydrogen-bond acceptors (Lipinski definition) is 22. The first-order valence-corrected chi connectivity index (χ1v) is 27.4. The Kier molecular flexibility index (Phi) is 14.0. The highest BCUT2D eigenvalue weighted by molar-refractivity contribution is 5.82. The first-order valence-electron chi connectivity index (χ1n) is 27.4. The van der Waals surface area contributed by atoms with E-state index in [1.54, 1.807) is 0 Å². The molecule has 0 amide bonds. The number of carbonyl (C=O) groups excluding carboxylic acids is 1. The number of aliphatic hydroxyl groups is 11. The van der Waals surface area contributed by atoms with Gasteiger partial charge in [-0.1, -0.05) is 46.8 Å². The number of esters is 1. The molecule has 0 aromatic heterocycles. The van der Waals surface area contributed by atoms with Gasteiger partial charge in [0, 0.05) is 11.3 Å². The van der Waals surface area contributed by atoms with E-state index in [1.807, 2.05) is 0 Å². The molecule has 11 N–H and O–H groups in total. The summed E-state index contributed by atoms with van der Waals surface area (Å²) in [5, 5.41) is 120. The number of epoxide rings is 1. The van der Waals surface area contributed by atoms with E-state index in [4.69, 9.17) is 47.4 Å². The van der Waals surface area contributed by atoms with E-state index in [2.05, 4.69) is 41.2 Å². The van der Waals surface area contributed by atoms with Crippen molar-refractivity contribution in [1.82, 2.24) is 0 Å². The molecule has 11 rings (SSSR count). The maximum absolute atomic E-state index is 14.2. The van der Waals surface area contributed by atoms with Crippen LogP contribution in [-0.4, -0.2) is 222 Å². The Hall–Kier alpha value is -1.59. The molecule has 22 heteroatoms. The molecule has 426 valence electrons. The Balaban J connectivity index is 0.933. The fourth-order valence-corrected chi connectivity index (χ4v) is 17.6. The van der Waals surface area contributed by atoms with Gasteiger partial charge in [-0.2, -0.15) is 0 Å². The Morgan fingerprint density at radius 3 is 1.75 bits per heavy atom. The molecule has 11 aliphatic rings. The Morgan fingerprint density at radius 1 is 0.573 bits per heavy atom. The SMILES string of the molecule is C=C1CC[C@@]23CC[C@]4(C)[C@@](OC2=O)([C@@H]3C1)[C@H]1O[C@H]1[C@@H]1[C@@]2(C)CC[C@H](O[C@@H]3O[C@H](CO)[C@@H](O[C@@H]5O[C@@H](C)[C@H](O)[C@@H](O)[C@H]5O)[C@H](O[C@@H]5O[C@H](CO)[C@H](O)[C@H](O)[C@H]5O)[C@H]3O[C@@H]3O[C@@H](C)[C@H](O)[C@@H](O)[C@H]3O)C(C)(C)[C@@H]2CC[C@]14C. The molecule has 11 fully saturated rings. The van der Waals surface area contributed by atoms with Crippen LogP contribution in [0, 0.1) is 44.8 Å². The Bertz CT molecular complexity index is 2170. The molecule has 31 atom stereocenters. The molecule has 1 spiro atoms. The van der Waals surface area contributed by atoms with Crippen molar-refractivity contribution in [3.05, 3.63) is 12.2 Å². The molecule has 0 aromatic rings. The fraction of sp³-hybridized carbons (Fsp3) is 0.943. The van der Waals surface area contributed by atoms with Gasteiger partial charge in [-0.05, 0) is 99.7 Å². The van der Waals surface area contributed by atoms with Crippen LogP contribution in [-0.2, 0) is 52.2 Å². The quantitative estimate of drug-likeness (QED) is 0.0529. The van der Waals surface area contributed by atoms with E-state index in [0.717, 1.165) is 50.5 Å². The van der Waals surface area contributed by atoms with Crippen molar-refractivity contribution >= 4 is 5.97 Å². The minimum absolute atomic E-state index is 0.00303. The van der Waals surface area contributed by atoms with Crippen LogP contribution in [0.1, 0.15) is 106 Å². The minimum atomic E-state index is -1.99. The summed E-state index contributed by atoms with van der Waals surface area (Å²) in [4.78, 5) is 14.2. The molecule has 6 heterocycles. The van der Waals surface area contributed by atoms with Crippen molar-refractivity contribution in [2.75, 3.05) is 13.2 Å². The standard InChI is InChI=1S/C53H82O22/c1-20-9-14-52-16-15-51(8)50(7)13-10-25-48(4,5)27(11-12-49(25,6)41(50)40-42(71-40)53(51,26(52)17-20)75-47(52)65)70-46-39(74-44-35(63)32(60)29(57)22(3)67-44)38(73-45-36(64)33(61)30(58)23(18-54)68-45)37(24(19-55)69-46)72-43-34(62)31(59)28(56)21(2)66-43/h21-46,54-64H,1,9-19H2,2-8H3/t21-,22-,23+,24+,25-,26+,27-,28-,29-,30-,31+,32+,33-,34+,35+,36+,37+,38-,39+,40-,41+,42-,43-,44-,45-,46-,49-,50+,51-,52-,53+/m0/s1. The van der Waals surface area contributed by atoms with Crippen molar-refractivity contribution in [2.24, 2.45) is 44.8 Å². The summed E-state index contributed by atoms with van der Waals surface area (Å²) in [5.74, 6) is 0.0417. The number of fused-ring (bicyclic) bond motifs is 6. The van der Waals surface area contributed by atoms with E-state index in [-0.39, 0.29) is 52.2 Å². The first-order chi connectivity index (χ1) is 35.3. The van der Waals surface area contributed by atoms with E-state index < -0.39 is 159 Å². The van der Waals surface area contributed by atoms with Crippen LogP contribution in [0.4, 0.5) is 0 Å². The second-order valence-electron chi connectivity index (χ2n) is 25.8. The highest BCUT2D eigenvalue weighted by Crippen LogP contribution is 2.83. The smallest absolute Gasteiger partial charge is 0.313 e. The molecular weight excluding hydrogens is 989 g/mol. The maximum Gasteiger partial charge on any atom is 0.313 e. The number of hydrogen-bond donors (Lipinski definition) is 11. The van der Waals surface area contributed by atoms with Crippen LogP contribution in [0.3, 0.4) is 0 Å². The molecule has 22 nitrogen and oxygen atoms in total. The van der Waals surface area contributed by atoms with E-state index in [9.17, 15) is 61.0 Å². The number of carbonyl (C=O) groups is 1. The lowest BCUT2D eigenvalue weighted by molar-refractivity contribution is -0.413. The Labute approximate surface area is 436 Å². The molecular formula is C53H82O22. The second kappa shape index (κ2) is 19.0. The summed E-state index contributed by atoms with van der Waals surface area (Å²) in [6, 6.07) is 0. The van der Waals surface area contributed by atoms with Crippen LogP contribution >= 0.6 is 0 Å². The fourth-order valence-electron chi connectivity index (χ4n) is 17.6. The molecule has 0 unspecified atom stereocenters. The monoisotopic (exact) mass is 1070 g/mol. The number of allylic oxidation sites excluding steroid dienone is 1. The first kappa shape index (κ1) is 55.3. The van der Waals surface area contributed by atoms with Gasteiger partial charge in [0.25, 0.3) is 0 Å². The van der Waals surface area contributed by atoms with Crippen molar-refractivity contribution in [2.45, 2.75) is 253 Å². The van der Waals surface area contributed by atoms with Gasteiger partial charge in [-0.15, -0.1) is 0 Å². The summed E-state index contributed by atoms with van der Waals surface area (Å²) in [6.45, 7) is 17.1. The van der Waals surface area contributed by atoms with Gasteiger partial charge in [0.1, 0.15) is 91.6 Å². The molecule has 0 aromatic carbocycles. The largest absolute Gasteiger partial charge is 0.455 e. The van der Waals surface area contributed by atoms with E-state index in [1.165, 1.54) is 13.8 Å². The normalized spacial score (nSPS) is 58.9. The average Bonchev–Trinajstić information content (AvgIpc) is 4.16. The van der Waals surface area contributed by atoms with Crippen molar-refractivity contribution < 1.29 is 108 Å². The summed E-state index contributed by atoms with van der Waals surface area (Å²) < 4.78 is 64.7. The van der Waals surface area contributed by atoms with Crippen LogP contribution in [0.2, 0.25) is 0 Å². The lowest BCUT2D eigenvalue weighted by Gasteiger charge is -2.72. The zero-order chi connectivity index (χ0) is 54.0. The van der Waals surface area contributed by atoms with Crippen LogP contribution < -0.4 is 0 Å².